The molecule has 0 radical (unpaired) electrons. The minimum atomic E-state index is -4.69. The van der Waals surface area contributed by atoms with Crippen LogP contribution in [0.15, 0.2) is 12.1 Å². The first-order valence-corrected chi connectivity index (χ1v) is 4.07. The Morgan fingerprint density at radius 2 is 1.73 bits per heavy atom. The summed E-state index contributed by atoms with van der Waals surface area (Å²) in [6.45, 7) is 0. The lowest BCUT2D eigenvalue weighted by Gasteiger charge is -2.11. The van der Waals surface area contributed by atoms with E-state index in [9.17, 15) is 13.2 Å². The summed E-state index contributed by atoms with van der Waals surface area (Å²) in [7, 11) is -2.18. The highest BCUT2D eigenvalue weighted by Gasteiger charge is 2.33. The van der Waals surface area contributed by atoms with Gasteiger partial charge in [0.2, 0.25) is 0 Å². The molecule has 0 aliphatic carbocycles. The van der Waals surface area contributed by atoms with Gasteiger partial charge in [0.25, 0.3) is 0 Å². The fourth-order valence-electron chi connectivity index (χ4n) is 0.983. The third kappa shape index (κ3) is 2.56. The van der Waals surface area contributed by atoms with Crippen LogP contribution in [-0.2, 0) is 6.18 Å². The molecule has 1 aromatic carbocycles. The van der Waals surface area contributed by atoms with Crippen molar-refractivity contribution in [2.45, 2.75) is 6.18 Å². The molecule has 8 heteroatoms. The molecule has 0 heterocycles. The maximum Gasteiger partial charge on any atom is 0.490 e. The van der Waals surface area contributed by atoms with E-state index in [2.05, 4.69) is 0 Å². The topological polar surface area (TPSA) is 60.7 Å². The van der Waals surface area contributed by atoms with Crippen molar-refractivity contribution in [2.75, 3.05) is 0 Å². The van der Waals surface area contributed by atoms with E-state index in [1.54, 1.807) is 0 Å². The Balaban J connectivity index is 3.36. The lowest BCUT2D eigenvalue weighted by Crippen LogP contribution is -2.32. The number of benzene rings is 1. The van der Waals surface area contributed by atoms with Gasteiger partial charge < -0.3 is 15.2 Å². The Labute approximate surface area is 87.9 Å². The lowest BCUT2D eigenvalue weighted by molar-refractivity contribution is -0.137. The Bertz CT molecular complexity index is 380. The summed E-state index contributed by atoms with van der Waals surface area (Å²) in [6.07, 6.45) is -4.69. The number of phenols is 1. The highest BCUT2D eigenvalue weighted by Crippen LogP contribution is 2.33. The molecule has 1 rings (SSSR count). The molecule has 0 aliphatic heterocycles. The first-order valence-electron chi connectivity index (χ1n) is 3.69. The van der Waals surface area contributed by atoms with Gasteiger partial charge in [-0.15, -0.1) is 0 Å². The van der Waals surface area contributed by atoms with E-state index in [1.165, 1.54) is 0 Å². The van der Waals surface area contributed by atoms with Gasteiger partial charge in [-0.3, -0.25) is 0 Å². The predicted molar refractivity (Wildman–Crippen MR) is 47.9 cm³/mol. The normalized spacial score (nSPS) is 11.6. The van der Waals surface area contributed by atoms with Crippen molar-refractivity contribution in [1.82, 2.24) is 0 Å². The average molecular weight is 240 g/mol. The minimum absolute atomic E-state index is 0.411. The van der Waals surface area contributed by atoms with Crippen LogP contribution in [0, 0.1) is 0 Å². The van der Waals surface area contributed by atoms with Crippen molar-refractivity contribution < 1.29 is 28.3 Å². The van der Waals surface area contributed by atoms with Crippen molar-refractivity contribution in [2.24, 2.45) is 0 Å². The molecule has 82 valence electrons. The minimum Gasteiger partial charge on any atom is -0.506 e. The summed E-state index contributed by atoms with van der Waals surface area (Å²) in [5.41, 5.74) is -1.79. The molecule has 15 heavy (non-hydrogen) atoms. The van der Waals surface area contributed by atoms with Crippen LogP contribution in [0.3, 0.4) is 0 Å². The van der Waals surface area contributed by atoms with E-state index in [4.69, 9.17) is 26.8 Å². The van der Waals surface area contributed by atoms with Crippen LogP contribution in [0.4, 0.5) is 13.2 Å². The number of aromatic hydroxyl groups is 1. The Kier molecular flexibility index (Phi) is 3.18. The second kappa shape index (κ2) is 3.92. The molecule has 0 aromatic heterocycles. The molecule has 0 amide bonds. The van der Waals surface area contributed by atoms with Crippen LogP contribution >= 0.6 is 11.6 Å². The molecule has 3 N–H and O–H groups in total. The summed E-state index contributed by atoms with van der Waals surface area (Å²) >= 11 is 5.37. The highest BCUT2D eigenvalue weighted by molar-refractivity contribution is 6.63. The van der Waals surface area contributed by atoms with Gasteiger partial charge in [-0.1, -0.05) is 11.6 Å². The molecule has 0 bridgehead atoms. The third-order valence-corrected chi connectivity index (χ3v) is 2.10. The van der Waals surface area contributed by atoms with Crippen molar-refractivity contribution in [3.8, 4) is 5.75 Å². The molecule has 0 atom stereocenters. The molecule has 0 spiro atoms. The van der Waals surface area contributed by atoms with Crippen LogP contribution < -0.4 is 5.46 Å². The van der Waals surface area contributed by atoms with Gasteiger partial charge in [0.15, 0.2) is 0 Å². The fraction of sp³-hybridized carbons (Fsp3) is 0.143. The average Bonchev–Trinajstić information content (AvgIpc) is 2.06. The van der Waals surface area contributed by atoms with E-state index in [0.29, 0.717) is 12.1 Å². The molecule has 1 aromatic rings. The van der Waals surface area contributed by atoms with Crippen LogP contribution in [0.25, 0.3) is 0 Å². The zero-order valence-electron chi connectivity index (χ0n) is 7.09. The summed E-state index contributed by atoms with van der Waals surface area (Å²) < 4.78 is 36.7. The molecule has 0 saturated carbocycles. The molecule has 0 aliphatic rings. The molecular formula is C7H5BClF3O3. The van der Waals surface area contributed by atoms with Crippen molar-refractivity contribution >= 4 is 24.2 Å². The Hall–Kier alpha value is -0.915. The van der Waals surface area contributed by atoms with Crippen molar-refractivity contribution in [3.63, 3.8) is 0 Å². The van der Waals surface area contributed by atoms with Crippen LogP contribution in [-0.4, -0.2) is 22.3 Å². The molecule has 0 fully saturated rings. The van der Waals surface area contributed by atoms with Gasteiger partial charge in [-0.2, -0.15) is 13.2 Å². The summed E-state index contributed by atoms with van der Waals surface area (Å²) in [5.74, 6) is -0.852. The van der Waals surface area contributed by atoms with E-state index in [0.717, 1.165) is 0 Å². The van der Waals surface area contributed by atoms with Gasteiger partial charge >= 0.3 is 13.3 Å². The quantitative estimate of drug-likeness (QED) is 0.635. The second-order valence-corrected chi connectivity index (χ2v) is 3.15. The first-order chi connectivity index (χ1) is 6.73. The SMILES string of the molecule is OB(O)c1cc(C(F)(F)F)cc(O)c1Cl. The van der Waals surface area contributed by atoms with E-state index < -0.39 is 35.1 Å². The standard InChI is InChI=1S/C7H5BClF3O3/c9-6-4(8(14)15)1-3(2-5(6)13)7(10,11)12/h1-2,13-15H. The van der Waals surface area contributed by atoms with Gasteiger partial charge in [0.05, 0.1) is 10.6 Å². The number of phenolic OH excluding ortho intramolecular Hbond substituents is 1. The number of alkyl halides is 3. The number of rotatable bonds is 1. The van der Waals surface area contributed by atoms with E-state index in [-0.39, 0.29) is 0 Å². The van der Waals surface area contributed by atoms with Gasteiger partial charge in [0, 0.05) is 5.46 Å². The third-order valence-electron chi connectivity index (χ3n) is 1.69. The van der Waals surface area contributed by atoms with Gasteiger partial charge in [-0.05, 0) is 12.1 Å². The number of halogens is 4. The maximum atomic E-state index is 12.2. The highest BCUT2D eigenvalue weighted by atomic mass is 35.5. The van der Waals surface area contributed by atoms with Gasteiger partial charge in [-0.25, -0.2) is 0 Å². The lowest BCUT2D eigenvalue weighted by atomic mass is 9.79. The van der Waals surface area contributed by atoms with Crippen LogP contribution in [0.5, 0.6) is 5.75 Å². The molecule has 0 unspecified atom stereocenters. The molecule has 3 nitrogen and oxygen atoms in total. The van der Waals surface area contributed by atoms with E-state index >= 15 is 0 Å². The van der Waals surface area contributed by atoms with Crippen LogP contribution in [0.1, 0.15) is 5.56 Å². The maximum absolute atomic E-state index is 12.2. The predicted octanol–water partition coefficient (Wildman–Crippen LogP) is 0.744. The van der Waals surface area contributed by atoms with Crippen molar-refractivity contribution in [1.29, 1.82) is 0 Å². The molecule has 0 saturated heterocycles. The summed E-state index contributed by atoms with van der Waals surface area (Å²) in [6, 6.07) is 0.876. The van der Waals surface area contributed by atoms with E-state index in [1.807, 2.05) is 0 Å². The first kappa shape index (κ1) is 12.2. The monoisotopic (exact) mass is 240 g/mol. The summed E-state index contributed by atoms with van der Waals surface area (Å²) in [4.78, 5) is 0. The number of hydrogen-bond donors (Lipinski definition) is 3. The van der Waals surface area contributed by atoms with Gasteiger partial charge in [0.1, 0.15) is 5.75 Å². The molecular weight excluding hydrogens is 235 g/mol. The zero-order chi connectivity index (χ0) is 11.8. The van der Waals surface area contributed by atoms with Crippen molar-refractivity contribution in [3.05, 3.63) is 22.7 Å². The number of hydrogen-bond acceptors (Lipinski definition) is 3. The summed E-state index contributed by atoms with van der Waals surface area (Å²) in [5, 5.41) is 25.9. The fourth-order valence-corrected chi connectivity index (χ4v) is 1.19. The smallest absolute Gasteiger partial charge is 0.490 e. The Morgan fingerprint density at radius 3 is 2.13 bits per heavy atom. The largest absolute Gasteiger partial charge is 0.506 e. The second-order valence-electron chi connectivity index (χ2n) is 2.77. The van der Waals surface area contributed by atoms with Crippen LogP contribution in [0.2, 0.25) is 5.02 Å². The Morgan fingerprint density at radius 1 is 1.20 bits per heavy atom. The zero-order valence-corrected chi connectivity index (χ0v) is 7.84.